The van der Waals surface area contributed by atoms with Gasteiger partial charge in [-0.2, -0.15) is 0 Å². The van der Waals surface area contributed by atoms with Crippen LogP contribution in [0.2, 0.25) is 0 Å². The van der Waals surface area contributed by atoms with Crippen molar-refractivity contribution in [1.82, 2.24) is 20.6 Å². The Kier molecular flexibility index (Phi) is 6.08. The Morgan fingerprint density at radius 2 is 1.96 bits per heavy atom. The molecule has 2 atom stereocenters. The third kappa shape index (κ3) is 4.72. The summed E-state index contributed by atoms with van der Waals surface area (Å²) in [5, 5.41) is 7.03. The number of imide groups is 1. The molecule has 1 aromatic heterocycles. The number of carbonyl (C=O) groups is 2. The van der Waals surface area contributed by atoms with Crippen LogP contribution in [0.25, 0.3) is 10.9 Å². The predicted octanol–water partition coefficient (Wildman–Crippen LogP) is 3.43. The fourth-order valence-electron chi connectivity index (χ4n) is 3.30. The summed E-state index contributed by atoms with van der Waals surface area (Å²) in [6.45, 7) is 3.97. The number of fused-ring (bicyclic) bond motifs is 1. The predicted molar refractivity (Wildman–Crippen MR) is 103 cm³/mol. The molecule has 1 fully saturated rings. The fourth-order valence-corrected chi connectivity index (χ4v) is 4.17. The molecule has 1 aromatic carbocycles. The zero-order valence-corrected chi connectivity index (χ0v) is 15.9. The first-order valence-corrected chi connectivity index (χ1v) is 9.98. The smallest absolute Gasteiger partial charge is 0.321 e. The highest BCUT2D eigenvalue weighted by atomic mass is 32.2. The first kappa shape index (κ1) is 18.6. The van der Waals surface area contributed by atoms with E-state index in [-0.39, 0.29) is 17.7 Å². The maximum Gasteiger partial charge on any atom is 0.321 e. The number of amides is 3. The van der Waals surface area contributed by atoms with Crippen molar-refractivity contribution in [3.8, 4) is 0 Å². The SMILES string of the molecule is Cc1nc(SCC(=O)NC(=O)N[C@H]2CCCC[C@H]2C)c2ccccc2n1. The van der Waals surface area contributed by atoms with Crippen LogP contribution in [-0.4, -0.2) is 33.7 Å². The molecule has 0 spiro atoms. The van der Waals surface area contributed by atoms with Crippen LogP contribution in [0.1, 0.15) is 38.4 Å². The molecule has 0 unspecified atom stereocenters. The molecule has 3 amide bonds. The third-order valence-electron chi connectivity index (χ3n) is 4.70. The lowest BCUT2D eigenvalue weighted by atomic mass is 9.86. The zero-order chi connectivity index (χ0) is 18.5. The van der Waals surface area contributed by atoms with Crippen LogP contribution in [0, 0.1) is 12.8 Å². The van der Waals surface area contributed by atoms with E-state index >= 15 is 0 Å². The first-order valence-electron chi connectivity index (χ1n) is 8.99. The second-order valence-corrected chi connectivity index (χ2v) is 7.74. The van der Waals surface area contributed by atoms with Crippen molar-refractivity contribution in [2.24, 2.45) is 5.92 Å². The topological polar surface area (TPSA) is 84.0 Å². The minimum absolute atomic E-state index is 0.133. The van der Waals surface area contributed by atoms with E-state index in [0.717, 1.165) is 35.2 Å². The number of benzene rings is 1. The van der Waals surface area contributed by atoms with Gasteiger partial charge in [-0.15, -0.1) is 0 Å². The summed E-state index contributed by atoms with van der Waals surface area (Å²) in [5.41, 5.74) is 0.854. The Hall–Kier alpha value is -2.15. The van der Waals surface area contributed by atoms with E-state index in [1.54, 1.807) is 0 Å². The third-order valence-corrected chi connectivity index (χ3v) is 5.69. The molecule has 0 radical (unpaired) electrons. The van der Waals surface area contributed by atoms with Gasteiger partial charge in [0.05, 0.1) is 11.3 Å². The van der Waals surface area contributed by atoms with E-state index in [0.29, 0.717) is 11.7 Å². The monoisotopic (exact) mass is 372 g/mol. The zero-order valence-electron chi connectivity index (χ0n) is 15.1. The lowest BCUT2D eigenvalue weighted by molar-refractivity contribution is -0.117. The molecule has 1 aliphatic rings. The minimum atomic E-state index is -0.405. The van der Waals surface area contributed by atoms with E-state index in [2.05, 4.69) is 27.5 Å². The second kappa shape index (κ2) is 8.49. The molecule has 0 aliphatic heterocycles. The number of aryl methyl sites for hydroxylation is 1. The summed E-state index contributed by atoms with van der Waals surface area (Å²) in [6, 6.07) is 7.45. The van der Waals surface area contributed by atoms with Crippen molar-refractivity contribution in [1.29, 1.82) is 0 Å². The molecule has 2 N–H and O–H groups in total. The molecule has 1 aliphatic carbocycles. The lowest BCUT2D eigenvalue weighted by Gasteiger charge is -2.29. The van der Waals surface area contributed by atoms with Crippen molar-refractivity contribution < 1.29 is 9.59 Å². The van der Waals surface area contributed by atoms with E-state index in [1.807, 2.05) is 31.2 Å². The Bertz CT molecular complexity index is 811. The molecule has 0 bridgehead atoms. The number of aromatic nitrogens is 2. The molecule has 1 heterocycles. The van der Waals surface area contributed by atoms with Gasteiger partial charge in [-0.1, -0.05) is 49.7 Å². The minimum Gasteiger partial charge on any atom is -0.335 e. The van der Waals surface area contributed by atoms with Gasteiger partial charge in [0.1, 0.15) is 10.9 Å². The highest BCUT2D eigenvalue weighted by molar-refractivity contribution is 8.00. The van der Waals surface area contributed by atoms with Crippen LogP contribution in [0.3, 0.4) is 0 Å². The molecular formula is C19H24N4O2S. The number of urea groups is 1. The summed E-state index contributed by atoms with van der Waals surface area (Å²) in [5.74, 6) is 0.926. The van der Waals surface area contributed by atoms with Gasteiger partial charge in [0.2, 0.25) is 5.91 Å². The summed E-state index contributed by atoms with van der Waals surface area (Å²) in [4.78, 5) is 33.0. The van der Waals surface area contributed by atoms with Crippen molar-refractivity contribution >= 4 is 34.6 Å². The van der Waals surface area contributed by atoms with Gasteiger partial charge in [-0.05, 0) is 31.7 Å². The van der Waals surface area contributed by atoms with Gasteiger partial charge in [0.25, 0.3) is 0 Å². The Morgan fingerprint density at radius 1 is 1.19 bits per heavy atom. The van der Waals surface area contributed by atoms with Gasteiger partial charge in [0.15, 0.2) is 0 Å². The Labute approximate surface area is 157 Å². The first-order chi connectivity index (χ1) is 12.5. The molecule has 6 nitrogen and oxygen atoms in total. The molecule has 7 heteroatoms. The van der Waals surface area contributed by atoms with Crippen LogP contribution in [0.15, 0.2) is 29.3 Å². The van der Waals surface area contributed by atoms with Gasteiger partial charge < -0.3 is 5.32 Å². The number of thioether (sulfide) groups is 1. The van der Waals surface area contributed by atoms with Crippen molar-refractivity contribution in [3.63, 3.8) is 0 Å². The quantitative estimate of drug-likeness (QED) is 0.634. The van der Waals surface area contributed by atoms with E-state index in [9.17, 15) is 9.59 Å². The van der Waals surface area contributed by atoms with E-state index in [1.165, 1.54) is 18.2 Å². The molecule has 1 saturated carbocycles. The fraction of sp³-hybridized carbons (Fsp3) is 0.474. The average Bonchev–Trinajstić information content (AvgIpc) is 2.61. The largest absolute Gasteiger partial charge is 0.335 e. The highest BCUT2D eigenvalue weighted by Gasteiger charge is 2.23. The number of nitrogens with zero attached hydrogens (tertiary/aromatic N) is 2. The number of rotatable bonds is 4. The number of nitrogens with one attached hydrogen (secondary N) is 2. The van der Waals surface area contributed by atoms with Crippen LogP contribution >= 0.6 is 11.8 Å². The molecule has 3 rings (SSSR count). The maximum atomic E-state index is 12.1. The second-order valence-electron chi connectivity index (χ2n) is 6.77. The standard InChI is InChI=1S/C19H24N4O2S/c1-12-7-3-5-9-15(12)22-19(25)23-17(24)11-26-18-14-8-4-6-10-16(14)20-13(2)21-18/h4,6,8,10,12,15H,3,5,7,9,11H2,1-2H3,(H2,22,23,24,25)/t12-,15+/m1/s1. The normalized spacial score (nSPS) is 19.9. The number of hydrogen-bond acceptors (Lipinski definition) is 5. The summed E-state index contributed by atoms with van der Waals surface area (Å²) in [6.07, 6.45) is 4.43. The van der Waals surface area contributed by atoms with Crippen LogP contribution < -0.4 is 10.6 Å². The molecule has 0 saturated heterocycles. The van der Waals surface area contributed by atoms with Crippen molar-refractivity contribution in [2.75, 3.05) is 5.75 Å². The van der Waals surface area contributed by atoms with Gasteiger partial charge in [-0.25, -0.2) is 14.8 Å². The molecule has 26 heavy (non-hydrogen) atoms. The lowest BCUT2D eigenvalue weighted by Crippen LogP contribution is -2.48. The molecule has 2 aromatic rings. The van der Waals surface area contributed by atoms with Crippen LogP contribution in [0.4, 0.5) is 4.79 Å². The van der Waals surface area contributed by atoms with Crippen LogP contribution in [-0.2, 0) is 4.79 Å². The van der Waals surface area contributed by atoms with Gasteiger partial charge in [0, 0.05) is 11.4 Å². The van der Waals surface area contributed by atoms with Crippen LogP contribution in [0.5, 0.6) is 0 Å². The summed E-state index contributed by atoms with van der Waals surface area (Å²) in [7, 11) is 0. The number of carbonyl (C=O) groups excluding carboxylic acids is 2. The van der Waals surface area contributed by atoms with Gasteiger partial charge in [-0.3, -0.25) is 10.1 Å². The Morgan fingerprint density at radius 3 is 2.77 bits per heavy atom. The maximum absolute atomic E-state index is 12.1. The van der Waals surface area contributed by atoms with Crippen molar-refractivity contribution in [2.45, 2.75) is 50.6 Å². The van der Waals surface area contributed by atoms with E-state index < -0.39 is 6.03 Å². The number of para-hydroxylation sites is 1. The molecule has 138 valence electrons. The Balaban J connectivity index is 1.55. The summed E-state index contributed by atoms with van der Waals surface area (Å²) < 4.78 is 0. The van der Waals surface area contributed by atoms with Crippen molar-refractivity contribution in [3.05, 3.63) is 30.1 Å². The summed E-state index contributed by atoms with van der Waals surface area (Å²) >= 11 is 1.32. The van der Waals surface area contributed by atoms with Gasteiger partial charge >= 0.3 is 6.03 Å². The number of hydrogen-bond donors (Lipinski definition) is 2. The van der Waals surface area contributed by atoms with E-state index in [4.69, 9.17) is 0 Å². The highest BCUT2D eigenvalue weighted by Crippen LogP contribution is 2.25. The average molecular weight is 372 g/mol. The molecular weight excluding hydrogens is 348 g/mol.